The molecule has 0 saturated heterocycles. The molecule has 0 amide bonds. The van der Waals surface area contributed by atoms with E-state index in [9.17, 15) is 16.8 Å². The maximum atomic E-state index is 13.0. The molecule has 0 aliphatic heterocycles. The highest BCUT2D eigenvalue weighted by Gasteiger charge is 2.22. The van der Waals surface area contributed by atoms with Gasteiger partial charge in [-0.05, 0) is 61.5 Å². The quantitative estimate of drug-likeness (QED) is 0.443. The smallest absolute Gasteiger partial charge is 0.262 e. The van der Waals surface area contributed by atoms with Gasteiger partial charge in [-0.2, -0.15) is 0 Å². The molecule has 2 N–H and O–H groups in total. The van der Waals surface area contributed by atoms with E-state index in [1.165, 1.54) is 56.7 Å². The van der Waals surface area contributed by atoms with Crippen molar-refractivity contribution < 1.29 is 31.0 Å². The maximum absolute atomic E-state index is 13.0. The summed E-state index contributed by atoms with van der Waals surface area (Å²) >= 11 is 0. The molecule has 3 rings (SSSR count). The predicted molar refractivity (Wildman–Crippen MR) is 125 cm³/mol. The van der Waals surface area contributed by atoms with Crippen molar-refractivity contribution >= 4 is 31.4 Å². The van der Waals surface area contributed by atoms with Crippen LogP contribution in [0.1, 0.15) is 6.92 Å². The average Bonchev–Trinajstić information content (AvgIpc) is 2.79. The summed E-state index contributed by atoms with van der Waals surface area (Å²) < 4.78 is 72.3. The Bertz CT molecular complexity index is 1320. The number of sulfonamides is 2. The van der Waals surface area contributed by atoms with Gasteiger partial charge in [-0.3, -0.25) is 9.44 Å². The predicted octanol–water partition coefficient (Wildman–Crippen LogP) is 3.70. The second-order valence-corrected chi connectivity index (χ2v) is 10.0. The zero-order chi connectivity index (χ0) is 24.1. The minimum absolute atomic E-state index is 0.0200. The average molecular weight is 493 g/mol. The van der Waals surface area contributed by atoms with Crippen LogP contribution in [0.25, 0.3) is 0 Å². The summed E-state index contributed by atoms with van der Waals surface area (Å²) in [6, 6.07) is 16.2. The number of anilines is 2. The largest absolute Gasteiger partial charge is 0.495 e. The normalized spacial score (nSPS) is 11.5. The van der Waals surface area contributed by atoms with Gasteiger partial charge in [0.05, 0.1) is 42.0 Å². The summed E-state index contributed by atoms with van der Waals surface area (Å²) in [6.45, 7) is 2.27. The minimum atomic E-state index is -4.06. The molecule has 0 aliphatic rings. The Balaban J connectivity index is 1.93. The molecule has 9 nitrogen and oxygen atoms in total. The van der Waals surface area contributed by atoms with Crippen molar-refractivity contribution in [1.29, 1.82) is 0 Å². The molecule has 0 fully saturated rings. The molecule has 0 spiro atoms. The third-order valence-electron chi connectivity index (χ3n) is 4.52. The number of nitrogens with one attached hydrogen (secondary N) is 2. The van der Waals surface area contributed by atoms with Gasteiger partial charge in [-0.1, -0.05) is 12.1 Å². The Labute approximate surface area is 193 Å². The molecule has 0 atom stereocenters. The zero-order valence-corrected chi connectivity index (χ0v) is 19.9. The summed E-state index contributed by atoms with van der Waals surface area (Å²) in [5.74, 6) is 1.02. The molecule has 11 heteroatoms. The third kappa shape index (κ3) is 5.68. The van der Waals surface area contributed by atoms with E-state index in [4.69, 9.17) is 14.2 Å². The van der Waals surface area contributed by atoms with Crippen molar-refractivity contribution in [2.45, 2.75) is 16.7 Å². The molecule has 176 valence electrons. The monoisotopic (exact) mass is 492 g/mol. The van der Waals surface area contributed by atoms with E-state index in [0.29, 0.717) is 18.1 Å². The second kappa shape index (κ2) is 10.0. The first-order valence-electron chi connectivity index (χ1n) is 9.79. The molecule has 0 saturated carbocycles. The van der Waals surface area contributed by atoms with E-state index >= 15 is 0 Å². The number of ether oxygens (including phenoxy) is 3. The fourth-order valence-electron chi connectivity index (χ4n) is 2.95. The number of methoxy groups -OCH3 is 2. The van der Waals surface area contributed by atoms with Crippen LogP contribution >= 0.6 is 0 Å². The first kappa shape index (κ1) is 24.2. The van der Waals surface area contributed by atoms with Crippen molar-refractivity contribution in [3.63, 3.8) is 0 Å². The lowest BCUT2D eigenvalue weighted by molar-refractivity contribution is 0.340. The van der Waals surface area contributed by atoms with Crippen molar-refractivity contribution in [3.8, 4) is 17.2 Å². The van der Waals surface area contributed by atoms with Gasteiger partial charge in [0.1, 0.15) is 17.2 Å². The van der Waals surface area contributed by atoms with Crippen molar-refractivity contribution in [2.75, 3.05) is 30.3 Å². The lowest BCUT2D eigenvalue weighted by atomic mass is 10.3. The Kier molecular flexibility index (Phi) is 7.34. The van der Waals surface area contributed by atoms with Crippen LogP contribution in [0, 0.1) is 0 Å². The van der Waals surface area contributed by atoms with Crippen LogP contribution in [-0.4, -0.2) is 37.7 Å². The molecule has 3 aromatic carbocycles. The van der Waals surface area contributed by atoms with E-state index < -0.39 is 20.0 Å². The first-order valence-corrected chi connectivity index (χ1v) is 12.8. The lowest BCUT2D eigenvalue weighted by Gasteiger charge is -2.15. The molecule has 0 aromatic heterocycles. The van der Waals surface area contributed by atoms with E-state index in [-0.39, 0.29) is 26.9 Å². The van der Waals surface area contributed by atoms with Crippen LogP contribution in [0.5, 0.6) is 17.2 Å². The Hall–Kier alpha value is -3.44. The van der Waals surface area contributed by atoms with E-state index in [1.807, 2.05) is 6.92 Å². The van der Waals surface area contributed by atoms with E-state index in [0.717, 1.165) is 0 Å². The zero-order valence-electron chi connectivity index (χ0n) is 18.2. The van der Waals surface area contributed by atoms with E-state index in [1.54, 1.807) is 24.3 Å². The maximum Gasteiger partial charge on any atom is 0.262 e. The van der Waals surface area contributed by atoms with Gasteiger partial charge in [0.15, 0.2) is 0 Å². The molecule has 33 heavy (non-hydrogen) atoms. The summed E-state index contributed by atoms with van der Waals surface area (Å²) in [4.78, 5) is -0.188. The van der Waals surface area contributed by atoms with Crippen LogP contribution in [-0.2, 0) is 20.0 Å². The summed E-state index contributed by atoms with van der Waals surface area (Å²) in [5, 5.41) is 0. The van der Waals surface area contributed by atoms with Gasteiger partial charge in [0.2, 0.25) is 0 Å². The van der Waals surface area contributed by atoms with Gasteiger partial charge in [0.25, 0.3) is 20.0 Å². The molecule has 0 unspecified atom stereocenters. The van der Waals surface area contributed by atoms with Gasteiger partial charge in [0, 0.05) is 0 Å². The van der Waals surface area contributed by atoms with Gasteiger partial charge >= 0.3 is 0 Å². The Morgan fingerprint density at radius 3 is 1.88 bits per heavy atom. The molecule has 0 bridgehead atoms. The van der Waals surface area contributed by atoms with Gasteiger partial charge < -0.3 is 14.2 Å². The minimum Gasteiger partial charge on any atom is -0.495 e. The first-order chi connectivity index (χ1) is 15.7. The number of rotatable bonds is 10. The fourth-order valence-corrected chi connectivity index (χ4v) is 5.11. The SMILES string of the molecule is CCOc1ccc(S(=O)(=O)Nc2cc(S(=O)(=O)Nc3ccccc3OC)ccc2OC)cc1. The number of hydrogen-bond acceptors (Lipinski definition) is 7. The molecule has 0 heterocycles. The van der Waals surface area contributed by atoms with Crippen LogP contribution in [0.15, 0.2) is 76.5 Å². The molecule has 0 radical (unpaired) electrons. The number of para-hydroxylation sites is 2. The molecular weight excluding hydrogens is 468 g/mol. The highest BCUT2D eigenvalue weighted by atomic mass is 32.2. The lowest BCUT2D eigenvalue weighted by Crippen LogP contribution is -2.16. The van der Waals surface area contributed by atoms with Crippen LogP contribution in [0.3, 0.4) is 0 Å². The highest BCUT2D eigenvalue weighted by Crippen LogP contribution is 2.32. The molecular formula is C22H24N2O7S2. The van der Waals surface area contributed by atoms with Crippen molar-refractivity contribution in [1.82, 2.24) is 0 Å². The van der Waals surface area contributed by atoms with Crippen molar-refractivity contribution in [2.24, 2.45) is 0 Å². The highest BCUT2D eigenvalue weighted by molar-refractivity contribution is 7.93. The van der Waals surface area contributed by atoms with Crippen molar-refractivity contribution in [3.05, 3.63) is 66.7 Å². The summed E-state index contributed by atoms with van der Waals surface area (Å²) in [5.41, 5.74) is 0.210. The molecule has 3 aromatic rings. The Morgan fingerprint density at radius 2 is 1.24 bits per heavy atom. The van der Waals surface area contributed by atoms with Crippen LogP contribution < -0.4 is 23.7 Å². The third-order valence-corrected chi connectivity index (χ3v) is 7.27. The molecule has 0 aliphatic carbocycles. The summed E-state index contributed by atoms with van der Waals surface area (Å²) in [7, 11) is -5.32. The standard InChI is InChI=1S/C22H24N2O7S2/c1-4-31-16-9-11-17(12-10-16)32(25,26)24-20-15-18(13-14-22(20)30-3)33(27,28)23-19-7-5-6-8-21(19)29-2/h5-15,23-24H,4H2,1-3H3. The van der Waals surface area contributed by atoms with Crippen LogP contribution in [0.2, 0.25) is 0 Å². The number of hydrogen-bond donors (Lipinski definition) is 2. The van der Waals surface area contributed by atoms with Gasteiger partial charge in [-0.15, -0.1) is 0 Å². The number of benzene rings is 3. The fraction of sp³-hybridized carbons (Fsp3) is 0.182. The van der Waals surface area contributed by atoms with Crippen LogP contribution in [0.4, 0.5) is 11.4 Å². The topological polar surface area (TPSA) is 120 Å². The van der Waals surface area contributed by atoms with E-state index in [2.05, 4.69) is 9.44 Å². The second-order valence-electron chi connectivity index (χ2n) is 6.68. The summed E-state index contributed by atoms with van der Waals surface area (Å²) in [6.07, 6.45) is 0. The van der Waals surface area contributed by atoms with Gasteiger partial charge in [-0.25, -0.2) is 16.8 Å². The Morgan fingerprint density at radius 1 is 0.697 bits per heavy atom.